The van der Waals surface area contributed by atoms with Crippen molar-refractivity contribution in [3.63, 3.8) is 0 Å². The van der Waals surface area contributed by atoms with Gasteiger partial charge in [-0.2, -0.15) is 0 Å². The Morgan fingerprint density at radius 1 is 1.04 bits per heavy atom. The van der Waals surface area contributed by atoms with Crippen LogP contribution in [0.15, 0.2) is 48.5 Å². The molecule has 2 aliphatic rings. The van der Waals surface area contributed by atoms with Gasteiger partial charge in [-0.15, -0.1) is 0 Å². The van der Waals surface area contributed by atoms with E-state index >= 15 is 0 Å². The van der Waals surface area contributed by atoms with Crippen LogP contribution in [-0.2, 0) is 10.2 Å². The average Bonchev–Trinajstić information content (AvgIpc) is 2.54. The van der Waals surface area contributed by atoms with Gasteiger partial charge in [0.05, 0.1) is 18.6 Å². The lowest BCUT2D eigenvalue weighted by Gasteiger charge is -2.42. The molecule has 1 aliphatic heterocycles. The molecule has 3 N–H and O–H groups in total. The molecule has 1 heterocycles. The summed E-state index contributed by atoms with van der Waals surface area (Å²) in [6.07, 6.45) is 0.453. The van der Waals surface area contributed by atoms with Crippen LogP contribution in [0.2, 0.25) is 0 Å². The molecule has 136 valence electrons. The van der Waals surface area contributed by atoms with E-state index in [0.29, 0.717) is 26.1 Å². The summed E-state index contributed by atoms with van der Waals surface area (Å²) in [4.78, 5) is 10.6. The molecule has 0 radical (unpaired) electrons. The summed E-state index contributed by atoms with van der Waals surface area (Å²) in [5.41, 5.74) is 2.09. The third kappa shape index (κ3) is 3.08. The van der Waals surface area contributed by atoms with Gasteiger partial charge in [0.25, 0.3) is 0 Å². The first-order valence-electron chi connectivity index (χ1n) is 8.69. The molecule has 0 unspecified atom stereocenters. The first-order valence-corrected chi connectivity index (χ1v) is 8.69. The minimum absolute atomic E-state index is 0.0123. The average molecular weight is 355 g/mol. The van der Waals surface area contributed by atoms with E-state index in [4.69, 9.17) is 14.6 Å². The van der Waals surface area contributed by atoms with Crippen molar-refractivity contribution >= 4 is 6.09 Å². The van der Waals surface area contributed by atoms with Crippen LogP contribution in [-0.4, -0.2) is 41.7 Å². The molecular formula is C20H21NO5. The van der Waals surface area contributed by atoms with Gasteiger partial charge in [-0.05, 0) is 35.4 Å². The molecule has 6 heteroatoms. The van der Waals surface area contributed by atoms with E-state index in [-0.39, 0.29) is 23.3 Å². The van der Waals surface area contributed by atoms with Crippen LogP contribution in [0.5, 0.6) is 11.5 Å². The Bertz CT molecular complexity index is 777. The number of rotatable bonds is 5. The van der Waals surface area contributed by atoms with Crippen LogP contribution in [0.1, 0.15) is 24.0 Å². The van der Waals surface area contributed by atoms with Gasteiger partial charge < -0.3 is 25.0 Å². The molecule has 1 aliphatic carbocycles. The van der Waals surface area contributed by atoms with Crippen molar-refractivity contribution in [2.75, 3.05) is 13.2 Å². The van der Waals surface area contributed by atoms with Gasteiger partial charge in [0.15, 0.2) is 0 Å². The number of carboxylic acid groups (broad SMARTS) is 1. The van der Waals surface area contributed by atoms with Gasteiger partial charge >= 0.3 is 6.09 Å². The normalized spacial score (nSPS) is 23.4. The molecule has 2 aromatic rings. The van der Waals surface area contributed by atoms with Crippen molar-refractivity contribution in [3.8, 4) is 11.5 Å². The zero-order chi connectivity index (χ0) is 18.1. The van der Waals surface area contributed by atoms with Gasteiger partial charge in [-0.1, -0.05) is 24.3 Å². The van der Waals surface area contributed by atoms with Crippen LogP contribution in [0.25, 0.3) is 0 Å². The molecule has 0 aromatic heterocycles. The third-order valence-corrected chi connectivity index (χ3v) is 5.25. The van der Waals surface area contributed by atoms with Crippen molar-refractivity contribution in [1.82, 2.24) is 5.32 Å². The fourth-order valence-electron chi connectivity index (χ4n) is 3.59. The van der Waals surface area contributed by atoms with E-state index in [1.807, 2.05) is 24.3 Å². The Balaban J connectivity index is 1.42. The second-order valence-corrected chi connectivity index (χ2v) is 7.00. The van der Waals surface area contributed by atoms with Crippen molar-refractivity contribution in [2.24, 2.45) is 0 Å². The Morgan fingerprint density at radius 3 is 2.12 bits per heavy atom. The van der Waals surface area contributed by atoms with E-state index in [2.05, 4.69) is 17.4 Å². The van der Waals surface area contributed by atoms with Crippen molar-refractivity contribution < 1.29 is 24.5 Å². The third-order valence-electron chi connectivity index (χ3n) is 5.25. The lowest BCUT2D eigenvalue weighted by atomic mass is 9.73. The van der Waals surface area contributed by atoms with E-state index in [1.165, 1.54) is 0 Å². The number of hydrogen-bond acceptors (Lipinski definition) is 4. The van der Waals surface area contributed by atoms with E-state index in [1.54, 1.807) is 12.1 Å². The number of aromatic hydroxyl groups is 1. The highest BCUT2D eigenvalue weighted by atomic mass is 16.5. The van der Waals surface area contributed by atoms with Gasteiger partial charge in [-0.3, -0.25) is 0 Å². The lowest BCUT2D eigenvalue weighted by molar-refractivity contribution is -0.0380. The van der Waals surface area contributed by atoms with Crippen LogP contribution in [0, 0.1) is 0 Å². The number of ether oxygens (including phenoxy) is 2. The Kier molecular flexibility index (Phi) is 4.20. The number of phenolic OH excluding ortho intramolecular Hbond substituents is 1. The lowest BCUT2D eigenvalue weighted by Crippen LogP contribution is -2.48. The van der Waals surface area contributed by atoms with Gasteiger partial charge in [0.1, 0.15) is 17.6 Å². The van der Waals surface area contributed by atoms with Crippen LogP contribution >= 0.6 is 0 Å². The summed E-state index contributed by atoms with van der Waals surface area (Å²) >= 11 is 0. The highest BCUT2D eigenvalue weighted by Crippen LogP contribution is 2.40. The number of carbonyl (C=O) groups is 1. The maximum absolute atomic E-state index is 10.6. The number of phenols is 1. The molecule has 0 spiro atoms. The summed E-state index contributed by atoms with van der Waals surface area (Å²) in [6.45, 7) is 1.23. The van der Waals surface area contributed by atoms with Crippen LogP contribution in [0.3, 0.4) is 0 Å². The molecule has 1 amide bonds. The molecule has 0 atom stereocenters. The predicted octanol–water partition coefficient (Wildman–Crippen LogP) is 2.89. The van der Waals surface area contributed by atoms with E-state index in [9.17, 15) is 9.90 Å². The minimum Gasteiger partial charge on any atom is -0.508 e. The maximum Gasteiger partial charge on any atom is 0.404 e. The molecule has 1 saturated heterocycles. The van der Waals surface area contributed by atoms with Gasteiger partial charge in [0, 0.05) is 18.9 Å². The topological polar surface area (TPSA) is 88.0 Å². The SMILES string of the molecule is O=C(O)N[C@H]1C[C@H](Oc2ccc(C3(c4ccc(O)cc4)COC3)cc2)C1. The highest BCUT2D eigenvalue weighted by Gasteiger charge is 2.42. The van der Waals surface area contributed by atoms with Crippen LogP contribution < -0.4 is 10.1 Å². The first-order chi connectivity index (χ1) is 12.5. The summed E-state index contributed by atoms with van der Waals surface area (Å²) in [6, 6.07) is 15.3. The Hall–Kier alpha value is -2.73. The fraction of sp³-hybridized carbons (Fsp3) is 0.350. The highest BCUT2D eigenvalue weighted by molar-refractivity contribution is 5.65. The molecule has 2 aromatic carbocycles. The van der Waals surface area contributed by atoms with Crippen molar-refractivity contribution in [1.29, 1.82) is 0 Å². The molecular weight excluding hydrogens is 334 g/mol. The summed E-state index contributed by atoms with van der Waals surface area (Å²) in [7, 11) is 0. The number of amides is 1. The fourth-order valence-corrected chi connectivity index (χ4v) is 3.59. The zero-order valence-corrected chi connectivity index (χ0v) is 14.2. The largest absolute Gasteiger partial charge is 0.508 e. The predicted molar refractivity (Wildman–Crippen MR) is 94.7 cm³/mol. The Morgan fingerprint density at radius 2 is 1.62 bits per heavy atom. The number of benzene rings is 2. The monoisotopic (exact) mass is 355 g/mol. The number of nitrogens with one attached hydrogen (secondary N) is 1. The Labute approximate surface area is 151 Å². The second-order valence-electron chi connectivity index (χ2n) is 7.00. The molecule has 26 heavy (non-hydrogen) atoms. The van der Waals surface area contributed by atoms with E-state index < -0.39 is 6.09 Å². The first kappa shape index (κ1) is 16.7. The summed E-state index contributed by atoms with van der Waals surface area (Å²) in [5.74, 6) is 1.04. The van der Waals surface area contributed by atoms with Crippen molar-refractivity contribution in [3.05, 3.63) is 59.7 Å². The van der Waals surface area contributed by atoms with Gasteiger partial charge in [0.2, 0.25) is 0 Å². The van der Waals surface area contributed by atoms with Crippen molar-refractivity contribution in [2.45, 2.75) is 30.4 Å². The molecule has 4 rings (SSSR count). The molecule has 2 fully saturated rings. The van der Waals surface area contributed by atoms with E-state index in [0.717, 1.165) is 16.9 Å². The van der Waals surface area contributed by atoms with Gasteiger partial charge in [-0.25, -0.2) is 4.79 Å². The zero-order valence-electron chi connectivity index (χ0n) is 14.2. The smallest absolute Gasteiger partial charge is 0.404 e. The molecule has 1 saturated carbocycles. The number of hydrogen-bond donors (Lipinski definition) is 3. The molecule has 0 bridgehead atoms. The minimum atomic E-state index is -0.986. The van der Waals surface area contributed by atoms with Crippen LogP contribution in [0.4, 0.5) is 4.79 Å². The standard InChI is InChI=1S/C20H21NO5/c22-16-5-1-13(2-6-16)20(11-25-12-20)14-3-7-17(8-4-14)26-18-9-15(10-18)21-19(23)24/h1-8,15,18,21-22H,9-12H2,(H,23,24)/t15-,18-. The second kappa shape index (κ2) is 6.53. The summed E-state index contributed by atoms with van der Waals surface area (Å²) < 4.78 is 11.4. The maximum atomic E-state index is 10.6. The quantitative estimate of drug-likeness (QED) is 0.768. The molecule has 6 nitrogen and oxygen atoms in total. The summed E-state index contributed by atoms with van der Waals surface area (Å²) in [5, 5.41) is 20.7.